The summed E-state index contributed by atoms with van der Waals surface area (Å²) in [4.78, 5) is 7.57. The van der Waals surface area contributed by atoms with E-state index in [1.54, 1.807) is 0 Å². The molecule has 1 saturated carbocycles. The Kier molecular flexibility index (Phi) is 3.76. The van der Waals surface area contributed by atoms with Gasteiger partial charge in [0, 0.05) is 32.1 Å². The zero-order valence-corrected chi connectivity index (χ0v) is 14.9. The Hall–Kier alpha value is -2.64. The minimum absolute atomic E-state index is 0.698. The minimum atomic E-state index is 0.698. The number of rotatable bonds is 2. The summed E-state index contributed by atoms with van der Waals surface area (Å²) in [6, 6.07) is 17.3. The normalized spacial score (nSPS) is 18.1. The van der Waals surface area contributed by atoms with Crippen molar-refractivity contribution in [2.75, 3.05) is 13.1 Å². The van der Waals surface area contributed by atoms with Gasteiger partial charge in [-0.05, 0) is 48.2 Å². The van der Waals surface area contributed by atoms with E-state index in [1.807, 2.05) is 24.3 Å². The van der Waals surface area contributed by atoms with E-state index in [4.69, 9.17) is 10.2 Å². The van der Waals surface area contributed by atoms with Crippen molar-refractivity contribution in [3.8, 4) is 17.2 Å². The van der Waals surface area contributed by atoms with Crippen LogP contribution >= 0.6 is 0 Å². The number of nitriles is 1. The highest BCUT2D eigenvalue weighted by Crippen LogP contribution is 2.29. The highest BCUT2D eigenvalue weighted by atomic mass is 15.2. The Morgan fingerprint density at radius 2 is 1.77 bits per heavy atom. The number of aromatic nitrogens is 2. The molecule has 2 aromatic carbocycles. The fourth-order valence-electron chi connectivity index (χ4n) is 4.23. The Balaban J connectivity index is 1.49. The summed E-state index contributed by atoms with van der Waals surface area (Å²) in [5.74, 6) is 1.22. The van der Waals surface area contributed by atoms with Crippen molar-refractivity contribution in [1.29, 1.82) is 5.26 Å². The van der Waals surface area contributed by atoms with Crippen molar-refractivity contribution in [1.82, 2.24) is 14.5 Å². The zero-order chi connectivity index (χ0) is 17.5. The van der Waals surface area contributed by atoms with Crippen LogP contribution in [0, 0.1) is 11.3 Å². The second-order valence-corrected chi connectivity index (χ2v) is 7.44. The van der Waals surface area contributed by atoms with Crippen molar-refractivity contribution in [3.63, 3.8) is 0 Å². The third-order valence-electron chi connectivity index (χ3n) is 6.00. The molecule has 4 heteroatoms. The van der Waals surface area contributed by atoms with E-state index in [9.17, 15) is 0 Å². The van der Waals surface area contributed by atoms with Crippen LogP contribution in [0.15, 0.2) is 42.5 Å². The number of hydrogen-bond donors (Lipinski definition) is 0. The molecule has 0 bridgehead atoms. The average molecular weight is 342 g/mol. The molecule has 130 valence electrons. The van der Waals surface area contributed by atoms with Gasteiger partial charge in [-0.3, -0.25) is 4.90 Å². The van der Waals surface area contributed by atoms with Gasteiger partial charge in [0.05, 0.1) is 22.7 Å². The van der Waals surface area contributed by atoms with Gasteiger partial charge in [-0.15, -0.1) is 0 Å². The lowest BCUT2D eigenvalue weighted by atomic mass is 9.91. The molecule has 0 spiro atoms. The maximum absolute atomic E-state index is 8.99. The van der Waals surface area contributed by atoms with Crippen molar-refractivity contribution in [3.05, 3.63) is 53.9 Å². The van der Waals surface area contributed by atoms with Crippen LogP contribution in [0.25, 0.3) is 22.2 Å². The molecule has 0 amide bonds. The Morgan fingerprint density at radius 1 is 0.962 bits per heavy atom. The van der Waals surface area contributed by atoms with E-state index in [2.05, 4.69) is 33.7 Å². The van der Waals surface area contributed by atoms with Gasteiger partial charge in [0.2, 0.25) is 0 Å². The molecule has 4 nitrogen and oxygen atoms in total. The van der Waals surface area contributed by atoms with Gasteiger partial charge in [0.15, 0.2) is 0 Å². The largest absolute Gasteiger partial charge is 0.327 e. The molecule has 2 heterocycles. The molecular weight excluding hydrogens is 320 g/mol. The molecule has 0 atom stereocenters. The Morgan fingerprint density at radius 3 is 2.50 bits per heavy atom. The van der Waals surface area contributed by atoms with Crippen molar-refractivity contribution in [2.24, 2.45) is 0 Å². The summed E-state index contributed by atoms with van der Waals surface area (Å²) < 4.78 is 2.42. The second-order valence-electron chi connectivity index (χ2n) is 7.44. The van der Waals surface area contributed by atoms with Crippen LogP contribution in [0.3, 0.4) is 0 Å². The maximum atomic E-state index is 8.99. The number of nitrogens with zero attached hydrogens (tertiary/aromatic N) is 4. The van der Waals surface area contributed by atoms with Crippen molar-refractivity contribution in [2.45, 2.75) is 38.3 Å². The molecule has 1 aromatic heterocycles. The first-order chi connectivity index (χ1) is 12.8. The summed E-state index contributed by atoms with van der Waals surface area (Å²) in [5, 5.41) is 8.99. The first kappa shape index (κ1) is 15.6. The highest BCUT2D eigenvalue weighted by molar-refractivity contribution is 5.83. The van der Waals surface area contributed by atoms with Crippen LogP contribution in [0.1, 0.15) is 30.7 Å². The molecular formula is C22H22N4. The third kappa shape index (κ3) is 2.60. The molecule has 0 N–H and O–H groups in total. The van der Waals surface area contributed by atoms with E-state index in [0.717, 1.165) is 43.2 Å². The molecule has 1 aliphatic carbocycles. The van der Waals surface area contributed by atoms with E-state index >= 15 is 0 Å². The molecule has 3 aromatic rings. The number of imidazole rings is 1. The van der Waals surface area contributed by atoms with Crippen LogP contribution in [0.4, 0.5) is 0 Å². The number of benzene rings is 2. The number of fused-ring (bicyclic) bond motifs is 3. The summed E-state index contributed by atoms with van der Waals surface area (Å²) in [6.45, 7) is 3.29. The molecule has 2 aliphatic rings. The molecule has 5 rings (SSSR count). The van der Waals surface area contributed by atoms with Crippen molar-refractivity contribution < 1.29 is 0 Å². The zero-order valence-electron chi connectivity index (χ0n) is 14.9. The van der Waals surface area contributed by atoms with Crippen molar-refractivity contribution >= 4 is 11.0 Å². The van der Waals surface area contributed by atoms with Gasteiger partial charge < -0.3 is 4.57 Å². The molecule has 26 heavy (non-hydrogen) atoms. The van der Waals surface area contributed by atoms with Gasteiger partial charge >= 0.3 is 0 Å². The molecule has 0 unspecified atom stereocenters. The monoisotopic (exact) mass is 342 g/mol. The van der Waals surface area contributed by atoms with E-state index in [1.165, 1.54) is 36.2 Å². The minimum Gasteiger partial charge on any atom is -0.327 e. The summed E-state index contributed by atoms with van der Waals surface area (Å²) >= 11 is 0. The summed E-state index contributed by atoms with van der Waals surface area (Å²) in [5.41, 5.74) is 5.35. The first-order valence-corrected chi connectivity index (χ1v) is 9.55. The van der Waals surface area contributed by atoms with Crippen LogP contribution < -0.4 is 0 Å². The number of hydrogen-bond acceptors (Lipinski definition) is 3. The second kappa shape index (κ2) is 6.26. The predicted molar refractivity (Wildman–Crippen MR) is 103 cm³/mol. The van der Waals surface area contributed by atoms with Crippen LogP contribution in [-0.2, 0) is 13.0 Å². The van der Waals surface area contributed by atoms with Crippen LogP contribution in [-0.4, -0.2) is 33.6 Å². The lowest BCUT2D eigenvalue weighted by molar-refractivity contribution is 0.130. The highest BCUT2D eigenvalue weighted by Gasteiger charge is 2.27. The predicted octanol–water partition coefficient (Wildman–Crippen LogP) is 3.99. The van der Waals surface area contributed by atoms with Gasteiger partial charge in [0.1, 0.15) is 5.82 Å². The smallest absolute Gasteiger partial charge is 0.111 e. The van der Waals surface area contributed by atoms with E-state index in [-0.39, 0.29) is 0 Å². The Bertz CT molecular complexity index is 989. The van der Waals surface area contributed by atoms with E-state index < -0.39 is 0 Å². The summed E-state index contributed by atoms with van der Waals surface area (Å²) in [6.07, 6.45) is 5.16. The van der Waals surface area contributed by atoms with Gasteiger partial charge in [-0.25, -0.2) is 4.98 Å². The fraction of sp³-hybridized carbons (Fsp3) is 0.364. The van der Waals surface area contributed by atoms with Crippen LogP contribution in [0.2, 0.25) is 0 Å². The molecule has 1 aliphatic heterocycles. The standard InChI is InChI=1S/C22H22N4/c23-15-16-4-6-17(7-5-16)18-8-9-20-21(14-18)26-13-12-25(19-2-1-3-19)11-10-22(26)24-20/h4-9,14,19H,1-3,10-13H2. The topological polar surface area (TPSA) is 44.9 Å². The van der Waals surface area contributed by atoms with E-state index in [0.29, 0.717) is 5.56 Å². The lowest BCUT2D eigenvalue weighted by Gasteiger charge is -2.36. The van der Waals surface area contributed by atoms with Gasteiger partial charge in [0.25, 0.3) is 0 Å². The SMILES string of the molecule is N#Cc1ccc(-c2ccc3nc4n(c3c2)CCN(C2CCC2)CC4)cc1. The lowest BCUT2D eigenvalue weighted by Crippen LogP contribution is -2.41. The maximum Gasteiger partial charge on any atom is 0.111 e. The van der Waals surface area contributed by atoms with Crippen LogP contribution in [0.5, 0.6) is 0 Å². The first-order valence-electron chi connectivity index (χ1n) is 9.55. The third-order valence-corrected chi connectivity index (χ3v) is 6.00. The molecule has 0 radical (unpaired) electrons. The van der Waals surface area contributed by atoms with Gasteiger partial charge in [-0.1, -0.05) is 24.6 Å². The Labute approximate surface area is 153 Å². The average Bonchev–Trinajstić information content (AvgIpc) is 2.86. The quantitative estimate of drug-likeness (QED) is 0.707. The summed E-state index contributed by atoms with van der Waals surface area (Å²) in [7, 11) is 0. The molecule has 0 saturated heterocycles. The van der Waals surface area contributed by atoms with Gasteiger partial charge in [-0.2, -0.15) is 5.26 Å². The fourth-order valence-corrected chi connectivity index (χ4v) is 4.23. The molecule has 1 fully saturated rings.